The second-order valence-corrected chi connectivity index (χ2v) is 5.13. The zero-order chi connectivity index (χ0) is 13.5. The first-order chi connectivity index (χ1) is 9.81. The molecule has 0 saturated heterocycles. The first kappa shape index (κ1) is 11.3. The summed E-state index contributed by atoms with van der Waals surface area (Å²) in [5.41, 5.74) is 3.60. The third-order valence-electron chi connectivity index (χ3n) is 3.06. The number of hydrogen-bond acceptors (Lipinski definition) is 6. The number of thiophene rings is 1. The Balaban J connectivity index is 1.81. The zero-order valence-corrected chi connectivity index (χ0v) is 11.3. The Hall–Kier alpha value is -2.54. The minimum absolute atomic E-state index is 0.532. The summed E-state index contributed by atoms with van der Waals surface area (Å²) in [6.07, 6.45) is 0. The predicted octanol–water partition coefficient (Wildman–Crippen LogP) is 2.75. The molecule has 20 heavy (non-hydrogen) atoms. The predicted molar refractivity (Wildman–Crippen MR) is 75.1 cm³/mol. The van der Waals surface area contributed by atoms with E-state index in [2.05, 4.69) is 20.5 Å². The minimum atomic E-state index is 0.532. The van der Waals surface area contributed by atoms with Crippen molar-refractivity contribution >= 4 is 22.4 Å². The Bertz CT molecular complexity index is 877. The number of aryl methyl sites for hydroxylation is 1. The van der Waals surface area contributed by atoms with E-state index in [-0.39, 0.29) is 0 Å². The smallest absolute Gasteiger partial charge is 0.259 e. The highest BCUT2D eigenvalue weighted by molar-refractivity contribution is 7.08. The number of hydrogen-bond donors (Lipinski definition) is 0. The van der Waals surface area contributed by atoms with Crippen LogP contribution in [0.5, 0.6) is 0 Å². The lowest BCUT2D eigenvalue weighted by Crippen LogP contribution is -1.90. The van der Waals surface area contributed by atoms with Gasteiger partial charge in [0.05, 0.1) is 11.1 Å². The first-order valence-electron chi connectivity index (χ1n) is 5.97. The molecule has 0 spiro atoms. The van der Waals surface area contributed by atoms with Crippen LogP contribution < -0.4 is 0 Å². The molecule has 7 heteroatoms. The van der Waals surface area contributed by atoms with Crippen LogP contribution in [-0.2, 0) is 7.05 Å². The van der Waals surface area contributed by atoms with Gasteiger partial charge in [0, 0.05) is 18.0 Å². The second-order valence-electron chi connectivity index (χ2n) is 4.35. The molecule has 0 radical (unpaired) electrons. The van der Waals surface area contributed by atoms with Gasteiger partial charge < -0.3 is 4.52 Å². The van der Waals surface area contributed by atoms with Gasteiger partial charge in [0.2, 0.25) is 5.82 Å². The van der Waals surface area contributed by atoms with Gasteiger partial charge >= 0.3 is 0 Å². The molecule has 0 aliphatic carbocycles. The summed E-state index contributed by atoms with van der Waals surface area (Å²) in [7, 11) is 1.85. The molecular formula is C13H9N5OS. The van der Waals surface area contributed by atoms with E-state index in [4.69, 9.17) is 4.52 Å². The van der Waals surface area contributed by atoms with Crippen molar-refractivity contribution in [3.05, 3.63) is 35.0 Å². The Labute approximate surface area is 117 Å². The first-order valence-corrected chi connectivity index (χ1v) is 6.91. The molecule has 0 saturated carbocycles. The minimum Gasteiger partial charge on any atom is -0.334 e. The van der Waals surface area contributed by atoms with Crippen molar-refractivity contribution in [2.24, 2.45) is 7.05 Å². The summed E-state index contributed by atoms with van der Waals surface area (Å²) < 4.78 is 7.02. The van der Waals surface area contributed by atoms with E-state index in [1.165, 1.54) is 0 Å². The fourth-order valence-corrected chi connectivity index (χ4v) is 2.64. The van der Waals surface area contributed by atoms with Crippen LogP contribution >= 0.6 is 11.3 Å². The van der Waals surface area contributed by atoms with E-state index < -0.39 is 0 Å². The molecule has 0 aliphatic rings. The van der Waals surface area contributed by atoms with Gasteiger partial charge in [-0.2, -0.15) is 16.3 Å². The monoisotopic (exact) mass is 283 g/mol. The normalized spacial score (nSPS) is 11.2. The maximum atomic E-state index is 5.29. The summed E-state index contributed by atoms with van der Waals surface area (Å²) in [6, 6.07) is 7.73. The molecule has 98 valence electrons. The average Bonchev–Trinajstić information content (AvgIpc) is 3.18. The molecule has 1 aromatic carbocycles. The van der Waals surface area contributed by atoms with Crippen LogP contribution in [0.25, 0.3) is 33.9 Å². The van der Waals surface area contributed by atoms with E-state index in [0.29, 0.717) is 11.7 Å². The standard InChI is InChI=1S/C13H9N5OS/c1-18-11-6-8(2-3-10(11)15-17-18)12-14-13(19-16-12)9-4-5-20-7-9/h2-7H,1H3. The zero-order valence-electron chi connectivity index (χ0n) is 10.5. The van der Waals surface area contributed by atoms with Crippen molar-refractivity contribution < 1.29 is 4.52 Å². The number of fused-ring (bicyclic) bond motifs is 1. The fraction of sp³-hybridized carbons (Fsp3) is 0.0769. The summed E-state index contributed by atoms with van der Waals surface area (Å²) in [5.74, 6) is 1.10. The molecule has 3 aromatic heterocycles. The molecule has 0 amide bonds. The molecule has 0 N–H and O–H groups in total. The van der Waals surface area contributed by atoms with E-state index in [1.54, 1.807) is 16.0 Å². The van der Waals surface area contributed by atoms with Crippen molar-refractivity contribution in [1.82, 2.24) is 25.1 Å². The van der Waals surface area contributed by atoms with Gasteiger partial charge in [0.25, 0.3) is 5.89 Å². The van der Waals surface area contributed by atoms with E-state index in [1.807, 2.05) is 42.1 Å². The van der Waals surface area contributed by atoms with Gasteiger partial charge in [0.15, 0.2) is 0 Å². The highest BCUT2D eigenvalue weighted by Gasteiger charge is 2.12. The van der Waals surface area contributed by atoms with Gasteiger partial charge in [-0.15, -0.1) is 5.10 Å². The highest BCUT2D eigenvalue weighted by Crippen LogP contribution is 2.25. The summed E-state index contributed by atoms with van der Waals surface area (Å²) in [5, 5.41) is 16.0. The molecule has 0 atom stereocenters. The van der Waals surface area contributed by atoms with Gasteiger partial charge in [-0.25, -0.2) is 4.68 Å². The average molecular weight is 283 g/mol. The van der Waals surface area contributed by atoms with Gasteiger partial charge in [-0.3, -0.25) is 0 Å². The van der Waals surface area contributed by atoms with Crippen LogP contribution in [0.2, 0.25) is 0 Å². The van der Waals surface area contributed by atoms with Crippen molar-refractivity contribution in [3.63, 3.8) is 0 Å². The quantitative estimate of drug-likeness (QED) is 0.565. The summed E-state index contributed by atoms with van der Waals surface area (Å²) in [4.78, 5) is 4.42. The maximum absolute atomic E-state index is 5.29. The topological polar surface area (TPSA) is 69.6 Å². The van der Waals surface area contributed by atoms with Gasteiger partial charge in [-0.1, -0.05) is 10.4 Å². The van der Waals surface area contributed by atoms with Crippen LogP contribution in [0.1, 0.15) is 0 Å². The second kappa shape index (κ2) is 4.24. The molecule has 0 bridgehead atoms. The molecule has 4 rings (SSSR count). The van der Waals surface area contributed by atoms with Crippen LogP contribution in [0.3, 0.4) is 0 Å². The molecule has 0 fully saturated rings. The van der Waals surface area contributed by atoms with Gasteiger partial charge in [0.1, 0.15) is 5.52 Å². The largest absolute Gasteiger partial charge is 0.334 e. The summed E-state index contributed by atoms with van der Waals surface area (Å²) in [6.45, 7) is 0. The lowest BCUT2D eigenvalue weighted by Gasteiger charge is -1.95. The Morgan fingerprint density at radius 3 is 3.00 bits per heavy atom. The third-order valence-corrected chi connectivity index (χ3v) is 3.75. The van der Waals surface area contributed by atoms with Crippen LogP contribution in [-0.4, -0.2) is 25.1 Å². The fourth-order valence-electron chi connectivity index (χ4n) is 2.01. The third kappa shape index (κ3) is 1.71. The van der Waals surface area contributed by atoms with Crippen LogP contribution in [0.4, 0.5) is 0 Å². The Morgan fingerprint density at radius 2 is 2.15 bits per heavy atom. The molecule has 0 aliphatic heterocycles. The molecule has 4 aromatic rings. The summed E-state index contributed by atoms with van der Waals surface area (Å²) >= 11 is 1.60. The Kier molecular flexibility index (Phi) is 2.40. The number of benzene rings is 1. The number of nitrogens with zero attached hydrogens (tertiary/aromatic N) is 5. The molecule has 6 nitrogen and oxygen atoms in total. The van der Waals surface area contributed by atoms with Crippen molar-refractivity contribution in [3.8, 4) is 22.8 Å². The Morgan fingerprint density at radius 1 is 1.20 bits per heavy atom. The lowest BCUT2D eigenvalue weighted by molar-refractivity contribution is 0.432. The number of aromatic nitrogens is 5. The van der Waals surface area contributed by atoms with E-state index in [0.717, 1.165) is 22.2 Å². The number of rotatable bonds is 2. The van der Waals surface area contributed by atoms with Gasteiger partial charge in [-0.05, 0) is 29.6 Å². The van der Waals surface area contributed by atoms with Crippen molar-refractivity contribution in [2.75, 3.05) is 0 Å². The van der Waals surface area contributed by atoms with E-state index in [9.17, 15) is 0 Å². The van der Waals surface area contributed by atoms with Crippen molar-refractivity contribution in [2.45, 2.75) is 0 Å². The van der Waals surface area contributed by atoms with Crippen molar-refractivity contribution in [1.29, 1.82) is 0 Å². The molecular weight excluding hydrogens is 274 g/mol. The SMILES string of the molecule is Cn1nnc2ccc(-c3noc(-c4ccsc4)n3)cc21. The van der Waals surface area contributed by atoms with E-state index >= 15 is 0 Å². The maximum Gasteiger partial charge on any atom is 0.259 e. The van der Waals surface area contributed by atoms with Crippen LogP contribution in [0, 0.1) is 0 Å². The highest BCUT2D eigenvalue weighted by atomic mass is 32.1. The molecule has 3 heterocycles. The lowest BCUT2D eigenvalue weighted by atomic mass is 10.2. The molecule has 0 unspecified atom stereocenters. The van der Waals surface area contributed by atoms with Crippen LogP contribution in [0.15, 0.2) is 39.5 Å².